The van der Waals surface area contributed by atoms with Gasteiger partial charge >= 0.3 is 0 Å². The fourth-order valence-electron chi connectivity index (χ4n) is 1.90. The number of rotatable bonds is 4. The molecular weight excluding hydrogens is 281 g/mol. The highest BCUT2D eigenvalue weighted by atomic mass is 35.5. The summed E-state index contributed by atoms with van der Waals surface area (Å²) in [6.45, 7) is 2.03. The number of halogens is 2. The Balaban J connectivity index is 2.21. The normalized spacial score (nSPS) is 12.4. The molecular formula is C14H15Cl2N3. The Hall–Kier alpha value is -1.13. The lowest BCUT2D eigenvalue weighted by molar-refractivity contribution is 0.538. The Kier molecular flexibility index (Phi) is 4.77. The van der Waals surface area contributed by atoms with E-state index in [2.05, 4.69) is 10.4 Å². The van der Waals surface area contributed by atoms with E-state index in [-0.39, 0.29) is 6.04 Å². The minimum atomic E-state index is -0.0582. The van der Waals surface area contributed by atoms with E-state index in [1.165, 1.54) is 0 Å². The third-order valence-electron chi connectivity index (χ3n) is 2.92. The van der Waals surface area contributed by atoms with Crippen LogP contribution in [0.3, 0.4) is 0 Å². The van der Waals surface area contributed by atoms with Crippen LogP contribution < -0.4 is 11.3 Å². The van der Waals surface area contributed by atoms with E-state index < -0.39 is 0 Å². The molecule has 1 unspecified atom stereocenters. The second-order valence-corrected chi connectivity index (χ2v) is 5.24. The van der Waals surface area contributed by atoms with E-state index in [0.29, 0.717) is 16.5 Å². The Morgan fingerprint density at radius 2 is 2.00 bits per heavy atom. The number of hydrogen-bond donors (Lipinski definition) is 2. The molecule has 100 valence electrons. The molecule has 3 nitrogen and oxygen atoms in total. The minimum absolute atomic E-state index is 0.0582. The van der Waals surface area contributed by atoms with Crippen LogP contribution in [0.25, 0.3) is 0 Å². The van der Waals surface area contributed by atoms with Gasteiger partial charge in [0.2, 0.25) is 0 Å². The average molecular weight is 296 g/mol. The first-order chi connectivity index (χ1) is 9.10. The molecule has 0 amide bonds. The second kappa shape index (κ2) is 6.35. The predicted octanol–water partition coefficient (Wildman–Crippen LogP) is 3.44. The van der Waals surface area contributed by atoms with E-state index in [1.54, 1.807) is 12.3 Å². The van der Waals surface area contributed by atoms with Crippen molar-refractivity contribution in [3.8, 4) is 0 Å². The lowest BCUT2D eigenvalue weighted by Crippen LogP contribution is -2.30. The summed E-state index contributed by atoms with van der Waals surface area (Å²) in [5.74, 6) is 5.62. The van der Waals surface area contributed by atoms with Crippen molar-refractivity contribution in [2.75, 3.05) is 0 Å². The Labute approximate surface area is 122 Å². The maximum Gasteiger partial charge on any atom is 0.0672 e. The van der Waals surface area contributed by atoms with Gasteiger partial charge in [-0.15, -0.1) is 0 Å². The number of nitrogens with two attached hydrogens (primary N) is 1. The summed E-state index contributed by atoms with van der Waals surface area (Å²) in [7, 11) is 0. The van der Waals surface area contributed by atoms with Crippen LogP contribution in [-0.2, 0) is 6.42 Å². The molecule has 2 aromatic rings. The Morgan fingerprint density at radius 1 is 1.21 bits per heavy atom. The highest BCUT2D eigenvalue weighted by molar-refractivity contribution is 6.42. The summed E-state index contributed by atoms with van der Waals surface area (Å²) in [5, 5.41) is 1.10. The molecule has 2 rings (SSSR count). The first-order valence-corrected chi connectivity index (χ1v) is 6.68. The molecule has 0 saturated heterocycles. The quantitative estimate of drug-likeness (QED) is 0.671. The van der Waals surface area contributed by atoms with Crippen LogP contribution in [0.4, 0.5) is 0 Å². The summed E-state index contributed by atoms with van der Waals surface area (Å²) in [5.41, 5.74) is 5.91. The van der Waals surface area contributed by atoms with Crippen molar-refractivity contribution in [2.24, 2.45) is 5.84 Å². The first kappa shape index (κ1) is 14.3. The van der Waals surface area contributed by atoms with Crippen LogP contribution in [0.15, 0.2) is 36.5 Å². The molecule has 0 spiro atoms. The maximum atomic E-state index is 6.01. The smallest absolute Gasteiger partial charge is 0.0672 e. The fourth-order valence-corrected chi connectivity index (χ4v) is 2.22. The number of nitrogens with zero attached hydrogens (tertiary/aromatic N) is 1. The number of nitrogens with one attached hydrogen (secondary N) is 1. The Morgan fingerprint density at radius 3 is 2.63 bits per heavy atom. The number of hydrogen-bond acceptors (Lipinski definition) is 3. The van der Waals surface area contributed by atoms with Gasteiger partial charge < -0.3 is 0 Å². The zero-order chi connectivity index (χ0) is 13.8. The van der Waals surface area contributed by atoms with Crippen LogP contribution in [0.5, 0.6) is 0 Å². The van der Waals surface area contributed by atoms with Gasteiger partial charge in [0.25, 0.3) is 0 Å². The minimum Gasteiger partial charge on any atom is -0.271 e. The van der Waals surface area contributed by atoms with E-state index in [1.807, 2.05) is 31.2 Å². The molecule has 0 aliphatic rings. The third-order valence-corrected chi connectivity index (χ3v) is 3.66. The fraction of sp³-hybridized carbons (Fsp3) is 0.214. The van der Waals surface area contributed by atoms with E-state index in [4.69, 9.17) is 29.0 Å². The molecule has 0 aliphatic carbocycles. The molecule has 1 aromatic heterocycles. The lowest BCUT2D eigenvalue weighted by Gasteiger charge is -2.16. The van der Waals surface area contributed by atoms with Gasteiger partial charge in [0.1, 0.15) is 0 Å². The molecule has 0 fully saturated rings. The first-order valence-electron chi connectivity index (χ1n) is 5.92. The SMILES string of the molecule is Cc1ccnc(C(Cc2ccc(Cl)c(Cl)c2)NN)c1. The van der Waals surface area contributed by atoms with Crippen LogP contribution in [0, 0.1) is 6.92 Å². The standard InChI is InChI=1S/C14H15Cl2N3/c1-9-4-5-18-13(6-9)14(19-17)8-10-2-3-11(15)12(16)7-10/h2-7,14,19H,8,17H2,1H3. The largest absolute Gasteiger partial charge is 0.271 e. The van der Waals surface area contributed by atoms with Gasteiger partial charge in [-0.3, -0.25) is 16.3 Å². The van der Waals surface area contributed by atoms with Crippen molar-refractivity contribution in [3.63, 3.8) is 0 Å². The zero-order valence-electron chi connectivity index (χ0n) is 10.5. The van der Waals surface area contributed by atoms with Crippen molar-refractivity contribution in [3.05, 3.63) is 63.4 Å². The molecule has 1 atom stereocenters. The molecule has 0 aliphatic heterocycles. The van der Waals surface area contributed by atoms with E-state index in [0.717, 1.165) is 16.8 Å². The van der Waals surface area contributed by atoms with Gasteiger partial charge in [-0.25, -0.2) is 0 Å². The summed E-state index contributed by atoms with van der Waals surface area (Å²) in [6, 6.07) is 9.49. The zero-order valence-corrected chi connectivity index (χ0v) is 12.0. The third kappa shape index (κ3) is 3.67. The molecule has 3 N–H and O–H groups in total. The average Bonchev–Trinajstić information content (AvgIpc) is 2.40. The number of aryl methyl sites for hydroxylation is 1. The maximum absolute atomic E-state index is 6.01. The Bertz CT molecular complexity index is 572. The topological polar surface area (TPSA) is 50.9 Å². The molecule has 0 bridgehead atoms. The summed E-state index contributed by atoms with van der Waals surface area (Å²) in [6.07, 6.45) is 2.48. The van der Waals surface area contributed by atoms with Gasteiger partial charge in [-0.1, -0.05) is 29.3 Å². The molecule has 19 heavy (non-hydrogen) atoms. The molecule has 1 heterocycles. The number of hydrazine groups is 1. The monoisotopic (exact) mass is 295 g/mol. The van der Waals surface area contributed by atoms with Crippen molar-refractivity contribution in [1.29, 1.82) is 0 Å². The van der Waals surface area contributed by atoms with Crippen molar-refractivity contribution >= 4 is 23.2 Å². The van der Waals surface area contributed by atoms with Gasteiger partial charge in [-0.05, 0) is 48.7 Å². The van der Waals surface area contributed by atoms with E-state index >= 15 is 0 Å². The summed E-state index contributed by atoms with van der Waals surface area (Å²) >= 11 is 11.9. The number of benzene rings is 1. The summed E-state index contributed by atoms with van der Waals surface area (Å²) in [4.78, 5) is 4.35. The van der Waals surface area contributed by atoms with Gasteiger partial charge in [0.05, 0.1) is 21.8 Å². The highest BCUT2D eigenvalue weighted by Crippen LogP contribution is 2.25. The van der Waals surface area contributed by atoms with Gasteiger partial charge in [-0.2, -0.15) is 0 Å². The van der Waals surface area contributed by atoms with Crippen LogP contribution in [-0.4, -0.2) is 4.98 Å². The molecule has 0 radical (unpaired) electrons. The van der Waals surface area contributed by atoms with Gasteiger partial charge in [0, 0.05) is 6.20 Å². The molecule has 0 saturated carbocycles. The van der Waals surface area contributed by atoms with Crippen molar-refractivity contribution in [1.82, 2.24) is 10.4 Å². The number of pyridine rings is 1. The summed E-state index contributed by atoms with van der Waals surface area (Å²) < 4.78 is 0. The number of aromatic nitrogens is 1. The van der Waals surface area contributed by atoms with E-state index in [9.17, 15) is 0 Å². The van der Waals surface area contributed by atoms with Crippen molar-refractivity contribution in [2.45, 2.75) is 19.4 Å². The van der Waals surface area contributed by atoms with Crippen LogP contribution in [0.2, 0.25) is 10.0 Å². The lowest BCUT2D eigenvalue weighted by atomic mass is 10.0. The van der Waals surface area contributed by atoms with Gasteiger partial charge in [0.15, 0.2) is 0 Å². The molecule has 5 heteroatoms. The van der Waals surface area contributed by atoms with Crippen LogP contribution >= 0.6 is 23.2 Å². The second-order valence-electron chi connectivity index (χ2n) is 4.43. The van der Waals surface area contributed by atoms with Crippen LogP contribution in [0.1, 0.15) is 22.9 Å². The highest BCUT2D eigenvalue weighted by Gasteiger charge is 2.13. The predicted molar refractivity (Wildman–Crippen MR) is 79.2 cm³/mol. The van der Waals surface area contributed by atoms with Crippen molar-refractivity contribution < 1.29 is 0 Å². The molecule has 1 aromatic carbocycles.